The number of hydrogen-bond acceptors (Lipinski definition) is 4. The van der Waals surface area contributed by atoms with Crippen molar-refractivity contribution in [3.05, 3.63) is 65.9 Å². The standard InChI is InChI=1S/C21H20N4O4/c1-21(14-6-5-7-15(11-14)29-2)19(27)25(20(28)23-21)24-18(26)10-13-12-22-17-9-4-3-8-16(13)17/h3-9,11-12,22H,10H2,1-2H3,(H,23,28)(H,24,26)/t21-/m0/s1. The summed E-state index contributed by atoms with van der Waals surface area (Å²) in [6, 6.07) is 13.8. The number of aromatic nitrogens is 1. The van der Waals surface area contributed by atoms with Gasteiger partial charge < -0.3 is 15.0 Å². The van der Waals surface area contributed by atoms with E-state index in [1.54, 1.807) is 37.4 Å². The van der Waals surface area contributed by atoms with Gasteiger partial charge in [-0.2, -0.15) is 5.01 Å². The van der Waals surface area contributed by atoms with E-state index in [1.165, 1.54) is 7.11 Å². The van der Waals surface area contributed by atoms with E-state index >= 15 is 0 Å². The van der Waals surface area contributed by atoms with Crippen LogP contribution in [-0.2, 0) is 21.5 Å². The van der Waals surface area contributed by atoms with Crippen LogP contribution in [0.3, 0.4) is 0 Å². The normalized spacial score (nSPS) is 18.8. The number of imide groups is 1. The van der Waals surface area contributed by atoms with Gasteiger partial charge in [0.05, 0.1) is 13.5 Å². The molecular formula is C21H20N4O4. The van der Waals surface area contributed by atoms with Crippen molar-refractivity contribution in [1.82, 2.24) is 20.7 Å². The molecule has 3 N–H and O–H groups in total. The molecule has 148 valence electrons. The van der Waals surface area contributed by atoms with Gasteiger partial charge in [0, 0.05) is 17.1 Å². The Kier molecular flexibility index (Phi) is 4.46. The number of carbonyl (C=O) groups is 3. The van der Waals surface area contributed by atoms with Gasteiger partial charge in [0.25, 0.3) is 5.91 Å². The molecule has 1 saturated heterocycles. The van der Waals surface area contributed by atoms with Crippen LogP contribution in [0.1, 0.15) is 18.1 Å². The maximum Gasteiger partial charge on any atom is 0.344 e. The number of aromatic amines is 1. The molecule has 8 heteroatoms. The molecule has 1 fully saturated rings. The number of para-hydroxylation sites is 1. The first kappa shape index (κ1) is 18.5. The van der Waals surface area contributed by atoms with Crippen LogP contribution in [0.25, 0.3) is 10.9 Å². The van der Waals surface area contributed by atoms with Gasteiger partial charge >= 0.3 is 6.03 Å². The van der Waals surface area contributed by atoms with Crippen molar-refractivity contribution in [2.75, 3.05) is 7.11 Å². The summed E-state index contributed by atoms with van der Waals surface area (Å²) in [6.45, 7) is 1.59. The van der Waals surface area contributed by atoms with E-state index < -0.39 is 23.4 Å². The molecule has 0 bridgehead atoms. The number of nitrogens with one attached hydrogen (secondary N) is 3. The molecule has 4 rings (SSSR count). The summed E-state index contributed by atoms with van der Waals surface area (Å²) >= 11 is 0. The van der Waals surface area contributed by atoms with E-state index in [1.807, 2.05) is 24.3 Å². The van der Waals surface area contributed by atoms with Gasteiger partial charge in [-0.25, -0.2) is 4.79 Å². The average Bonchev–Trinajstić information content (AvgIpc) is 3.23. The number of urea groups is 1. The number of nitrogens with zero attached hydrogens (tertiary/aromatic N) is 1. The van der Waals surface area contributed by atoms with Crippen LogP contribution in [-0.4, -0.2) is 34.9 Å². The summed E-state index contributed by atoms with van der Waals surface area (Å²) in [7, 11) is 1.52. The van der Waals surface area contributed by atoms with Crippen LogP contribution in [0.15, 0.2) is 54.7 Å². The van der Waals surface area contributed by atoms with E-state index in [9.17, 15) is 14.4 Å². The van der Waals surface area contributed by atoms with Crippen LogP contribution < -0.4 is 15.5 Å². The highest BCUT2D eigenvalue weighted by Crippen LogP contribution is 2.30. The van der Waals surface area contributed by atoms with Crippen LogP contribution in [0.2, 0.25) is 0 Å². The third-order valence-electron chi connectivity index (χ3n) is 5.10. The molecular weight excluding hydrogens is 372 g/mol. The molecule has 0 radical (unpaired) electrons. The molecule has 0 spiro atoms. The number of ether oxygens (including phenoxy) is 1. The predicted octanol–water partition coefficient (Wildman–Crippen LogP) is 2.22. The summed E-state index contributed by atoms with van der Waals surface area (Å²) in [5.41, 5.74) is 3.37. The Balaban J connectivity index is 1.52. The molecule has 2 heterocycles. The Labute approximate surface area is 166 Å². The van der Waals surface area contributed by atoms with Gasteiger partial charge in [0.2, 0.25) is 5.91 Å². The number of hydrazine groups is 1. The lowest BCUT2D eigenvalue weighted by Gasteiger charge is -2.22. The van der Waals surface area contributed by atoms with Crippen LogP contribution in [0.4, 0.5) is 4.79 Å². The van der Waals surface area contributed by atoms with Gasteiger partial charge in [0.15, 0.2) is 0 Å². The molecule has 2 aromatic carbocycles. The van der Waals surface area contributed by atoms with Crippen molar-refractivity contribution in [3.63, 3.8) is 0 Å². The molecule has 29 heavy (non-hydrogen) atoms. The summed E-state index contributed by atoms with van der Waals surface area (Å²) < 4.78 is 5.20. The summed E-state index contributed by atoms with van der Waals surface area (Å²) in [6.07, 6.45) is 1.77. The maximum absolute atomic E-state index is 13.0. The second-order valence-electron chi connectivity index (χ2n) is 7.00. The summed E-state index contributed by atoms with van der Waals surface area (Å²) in [5, 5.41) is 4.30. The zero-order chi connectivity index (χ0) is 20.6. The first-order chi connectivity index (χ1) is 13.9. The van der Waals surface area contributed by atoms with Gasteiger partial charge in [-0.3, -0.25) is 15.0 Å². The number of methoxy groups -OCH3 is 1. The highest BCUT2D eigenvalue weighted by molar-refractivity contribution is 6.08. The van der Waals surface area contributed by atoms with Crippen molar-refractivity contribution >= 4 is 28.7 Å². The number of H-pyrrole nitrogens is 1. The van der Waals surface area contributed by atoms with Crippen molar-refractivity contribution in [2.24, 2.45) is 0 Å². The number of rotatable bonds is 5. The fourth-order valence-corrected chi connectivity index (χ4v) is 3.49. The van der Waals surface area contributed by atoms with Crippen LogP contribution in [0, 0.1) is 0 Å². The monoisotopic (exact) mass is 392 g/mol. The first-order valence-corrected chi connectivity index (χ1v) is 9.08. The highest BCUT2D eigenvalue weighted by Gasteiger charge is 2.50. The number of amides is 4. The topological polar surface area (TPSA) is 104 Å². The summed E-state index contributed by atoms with van der Waals surface area (Å²) in [5.74, 6) is -0.469. The minimum Gasteiger partial charge on any atom is -0.497 e. The van der Waals surface area contributed by atoms with Gasteiger partial charge in [-0.05, 0) is 36.2 Å². The van der Waals surface area contributed by atoms with Crippen LogP contribution >= 0.6 is 0 Å². The lowest BCUT2D eigenvalue weighted by atomic mass is 9.92. The lowest BCUT2D eigenvalue weighted by molar-refractivity contribution is -0.138. The number of fused-ring (bicyclic) bond motifs is 1. The SMILES string of the molecule is COc1cccc([C@]2(C)NC(=O)N(NC(=O)Cc3c[nH]c4ccccc34)C2=O)c1. The fourth-order valence-electron chi connectivity index (χ4n) is 3.49. The minimum absolute atomic E-state index is 0.0247. The zero-order valence-electron chi connectivity index (χ0n) is 16.0. The molecule has 3 aromatic rings. The van der Waals surface area contributed by atoms with Gasteiger partial charge in [-0.1, -0.05) is 30.3 Å². The molecule has 1 aliphatic heterocycles. The Morgan fingerprint density at radius 3 is 2.76 bits per heavy atom. The number of hydrogen-bond donors (Lipinski definition) is 3. The molecule has 0 aliphatic carbocycles. The summed E-state index contributed by atoms with van der Waals surface area (Å²) in [4.78, 5) is 41.0. The van der Waals surface area contributed by atoms with Crippen molar-refractivity contribution in [3.8, 4) is 5.75 Å². The van der Waals surface area contributed by atoms with Crippen LogP contribution in [0.5, 0.6) is 5.75 Å². The smallest absolute Gasteiger partial charge is 0.344 e. The van der Waals surface area contributed by atoms with Crippen molar-refractivity contribution < 1.29 is 19.1 Å². The molecule has 4 amide bonds. The predicted molar refractivity (Wildman–Crippen MR) is 106 cm³/mol. The van der Waals surface area contributed by atoms with E-state index in [0.717, 1.165) is 21.5 Å². The number of benzene rings is 2. The number of carbonyl (C=O) groups excluding carboxylic acids is 3. The first-order valence-electron chi connectivity index (χ1n) is 9.08. The lowest BCUT2D eigenvalue weighted by Crippen LogP contribution is -2.48. The molecule has 8 nitrogen and oxygen atoms in total. The molecule has 1 aromatic heterocycles. The molecule has 1 aliphatic rings. The largest absolute Gasteiger partial charge is 0.497 e. The Morgan fingerprint density at radius 2 is 1.97 bits per heavy atom. The van der Waals surface area contributed by atoms with Crippen molar-refractivity contribution in [1.29, 1.82) is 0 Å². The fraction of sp³-hybridized carbons (Fsp3) is 0.190. The Bertz CT molecular complexity index is 1120. The Morgan fingerprint density at radius 1 is 1.17 bits per heavy atom. The van der Waals surface area contributed by atoms with Crippen molar-refractivity contribution in [2.45, 2.75) is 18.9 Å². The van der Waals surface area contributed by atoms with E-state index in [0.29, 0.717) is 11.3 Å². The third kappa shape index (κ3) is 3.18. The highest BCUT2D eigenvalue weighted by atomic mass is 16.5. The molecule has 1 atom stereocenters. The van der Waals surface area contributed by atoms with E-state index in [2.05, 4.69) is 15.7 Å². The zero-order valence-corrected chi connectivity index (χ0v) is 16.0. The maximum atomic E-state index is 13.0. The van der Waals surface area contributed by atoms with Gasteiger partial charge in [0.1, 0.15) is 11.3 Å². The third-order valence-corrected chi connectivity index (χ3v) is 5.10. The minimum atomic E-state index is -1.31. The average molecular weight is 392 g/mol. The van der Waals surface area contributed by atoms with E-state index in [-0.39, 0.29) is 6.42 Å². The second kappa shape index (κ2) is 6.97. The second-order valence-corrected chi connectivity index (χ2v) is 7.00. The van der Waals surface area contributed by atoms with Gasteiger partial charge in [-0.15, -0.1) is 0 Å². The molecule has 0 unspecified atom stereocenters. The quantitative estimate of drug-likeness (QED) is 0.579. The molecule has 0 saturated carbocycles. The Hall–Kier alpha value is -3.81. The van der Waals surface area contributed by atoms with E-state index in [4.69, 9.17) is 4.74 Å².